The number of hydrogen-bond acceptors (Lipinski definition) is 3. The van der Waals surface area contributed by atoms with Gasteiger partial charge in [0.15, 0.2) is 0 Å². The minimum atomic E-state index is -1.17. The molecule has 0 bridgehead atoms. The Hall–Kier alpha value is -2.46. The number of carboxylic acids is 1. The fourth-order valence-corrected chi connectivity index (χ4v) is 2.07. The van der Waals surface area contributed by atoms with E-state index in [1.807, 2.05) is 6.07 Å². The van der Waals surface area contributed by atoms with Crippen molar-refractivity contribution >= 4 is 11.8 Å². The summed E-state index contributed by atoms with van der Waals surface area (Å²) in [5.41, 5.74) is 6.85. The highest BCUT2D eigenvalue weighted by atomic mass is 16.4. The molecule has 0 aliphatic heterocycles. The first-order valence-electron chi connectivity index (χ1n) is 9.24. The van der Waals surface area contributed by atoms with Crippen molar-refractivity contribution in [3.63, 3.8) is 0 Å². The van der Waals surface area contributed by atoms with Crippen LogP contribution in [-0.2, 0) is 21.4 Å². The fourth-order valence-electron chi connectivity index (χ4n) is 2.07. The number of Topliss-reactive ketones (excluding diaryl/α,β-unsaturated/α-hetero) is 1. The normalized spacial score (nSPS) is 9.96. The molecule has 0 spiro atoms. The third-order valence-electron chi connectivity index (χ3n) is 3.63. The fraction of sp³-hybridized carbons (Fsp3) is 0.391. The number of carboxylic acid groups (broad SMARTS) is 1. The van der Waals surface area contributed by atoms with Gasteiger partial charge in [-0.25, -0.2) is 0 Å². The van der Waals surface area contributed by atoms with Gasteiger partial charge in [-0.3, -0.25) is 0 Å². The maximum atomic E-state index is 10.1. The molecule has 2 aromatic carbocycles. The molecule has 0 radical (unpaired) electrons. The molecule has 0 unspecified atom stereocenters. The van der Waals surface area contributed by atoms with Crippen LogP contribution in [0.1, 0.15) is 51.7 Å². The van der Waals surface area contributed by atoms with Gasteiger partial charge in [-0.2, -0.15) is 0 Å². The predicted octanol–water partition coefficient (Wildman–Crippen LogP) is 2.56. The minimum absolute atomic E-state index is 0.0856. The maximum absolute atomic E-state index is 10.1. The summed E-state index contributed by atoms with van der Waals surface area (Å²) in [7, 11) is 0. The number of quaternary nitrogens is 1. The van der Waals surface area contributed by atoms with Crippen molar-refractivity contribution in [1.82, 2.24) is 0 Å². The molecule has 148 valence electrons. The SMILES string of the molecule is CC(=O)CCC(=O)[O-].CC(C)(C)c1ccccc1.[NH3+]CCc1ccccc1. The van der Waals surface area contributed by atoms with Crippen LogP contribution in [-0.4, -0.2) is 18.3 Å². The van der Waals surface area contributed by atoms with Gasteiger partial charge in [-0.15, -0.1) is 0 Å². The van der Waals surface area contributed by atoms with Crippen LogP contribution in [0.25, 0.3) is 0 Å². The van der Waals surface area contributed by atoms with Gasteiger partial charge in [-0.1, -0.05) is 81.4 Å². The van der Waals surface area contributed by atoms with Gasteiger partial charge in [0.1, 0.15) is 5.78 Å². The molecule has 0 saturated carbocycles. The van der Waals surface area contributed by atoms with E-state index in [4.69, 9.17) is 0 Å². The molecule has 2 aromatic rings. The molecule has 0 aliphatic carbocycles. The zero-order valence-corrected chi connectivity index (χ0v) is 17.0. The molecule has 3 N–H and O–H groups in total. The predicted molar refractivity (Wildman–Crippen MR) is 108 cm³/mol. The third-order valence-corrected chi connectivity index (χ3v) is 3.63. The van der Waals surface area contributed by atoms with Crippen molar-refractivity contribution < 1.29 is 20.4 Å². The van der Waals surface area contributed by atoms with Crippen molar-refractivity contribution in [3.05, 3.63) is 71.8 Å². The Labute approximate surface area is 163 Å². The Morgan fingerprint density at radius 3 is 1.67 bits per heavy atom. The van der Waals surface area contributed by atoms with E-state index in [-0.39, 0.29) is 18.6 Å². The van der Waals surface area contributed by atoms with Crippen LogP contribution in [0.2, 0.25) is 0 Å². The molecule has 4 heteroatoms. The highest BCUT2D eigenvalue weighted by Crippen LogP contribution is 2.20. The Morgan fingerprint density at radius 2 is 1.37 bits per heavy atom. The molecule has 4 nitrogen and oxygen atoms in total. The van der Waals surface area contributed by atoms with E-state index < -0.39 is 5.97 Å². The highest BCUT2D eigenvalue weighted by molar-refractivity contribution is 5.79. The molecular weight excluding hydrogens is 338 g/mol. The lowest BCUT2D eigenvalue weighted by Crippen LogP contribution is -2.51. The largest absolute Gasteiger partial charge is 0.550 e. The Kier molecular flexibility index (Phi) is 12.5. The lowest BCUT2D eigenvalue weighted by molar-refractivity contribution is -0.366. The van der Waals surface area contributed by atoms with E-state index in [2.05, 4.69) is 81.1 Å². The summed E-state index contributed by atoms with van der Waals surface area (Å²) in [5.74, 6) is -1.28. The van der Waals surface area contributed by atoms with Crippen molar-refractivity contribution in [1.29, 1.82) is 0 Å². The summed E-state index contributed by atoms with van der Waals surface area (Å²) in [4.78, 5) is 19.7. The van der Waals surface area contributed by atoms with Crippen LogP contribution >= 0.6 is 0 Å². The van der Waals surface area contributed by atoms with E-state index >= 15 is 0 Å². The minimum Gasteiger partial charge on any atom is -0.550 e. The van der Waals surface area contributed by atoms with Gasteiger partial charge in [0.25, 0.3) is 0 Å². The van der Waals surface area contributed by atoms with E-state index in [0.29, 0.717) is 5.41 Å². The van der Waals surface area contributed by atoms with Gasteiger partial charge in [0, 0.05) is 18.8 Å². The quantitative estimate of drug-likeness (QED) is 0.876. The Balaban J connectivity index is 0.000000379. The molecule has 0 fully saturated rings. The number of aliphatic carboxylic acids is 1. The van der Waals surface area contributed by atoms with Crippen molar-refractivity contribution in [2.45, 2.75) is 52.4 Å². The lowest BCUT2D eigenvalue weighted by Gasteiger charge is -2.18. The number of rotatable bonds is 5. The van der Waals surface area contributed by atoms with Crippen molar-refractivity contribution in [2.24, 2.45) is 0 Å². The molecule has 2 rings (SSSR count). The molecule has 0 amide bonds. The number of benzene rings is 2. The summed E-state index contributed by atoms with van der Waals surface area (Å²) in [6.07, 6.45) is 1.03. The average molecular weight is 372 g/mol. The topological polar surface area (TPSA) is 84.8 Å². The smallest absolute Gasteiger partial charge is 0.130 e. The Morgan fingerprint density at radius 1 is 0.889 bits per heavy atom. The van der Waals surface area contributed by atoms with Crippen LogP contribution in [0.5, 0.6) is 0 Å². The zero-order valence-electron chi connectivity index (χ0n) is 17.0. The standard InChI is InChI=1S/C10H14.C8H11N.C5H8O3/c1-10(2,3)9-7-5-4-6-8-9;9-7-6-8-4-2-1-3-5-8;1-4(6)2-3-5(7)8/h4-8H,1-3H3;1-5H,6-7,9H2;2-3H2,1H3,(H,7,8). The van der Waals surface area contributed by atoms with Gasteiger partial charge >= 0.3 is 0 Å². The van der Waals surface area contributed by atoms with Gasteiger partial charge in [0.05, 0.1) is 6.54 Å². The molecular formula is C23H33NO3. The second-order valence-corrected chi connectivity index (χ2v) is 7.28. The van der Waals surface area contributed by atoms with Crippen LogP contribution < -0.4 is 10.8 Å². The molecule has 27 heavy (non-hydrogen) atoms. The number of ketones is 1. The van der Waals surface area contributed by atoms with Crippen LogP contribution in [0.4, 0.5) is 0 Å². The summed E-state index contributed by atoms with van der Waals surface area (Å²) < 4.78 is 0. The molecule has 0 atom stereocenters. The second kappa shape index (κ2) is 13.7. The van der Waals surface area contributed by atoms with Crippen LogP contribution in [0, 0.1) is 0 Å². The number of carbonyl (C=O) groups is 2. The number of hydrogen-bond donors (Lipinski definition) is 1. The number of carbonyl (C=O) groups excluding carboxylic acids is 2. The average Bonchev–Trinajstić information content (AvgIpc) is 2.62. The highest BCUT2D eigenvalue weighted by Gasteiger charge is 2.11. The van der Waals surface area contributed by atoms with E-state index in [9.17, 15) is 14.7 Å². The summed E-state index contributed by atoms with van der Waals surface area (Å²) >= 11 is 0. The van der Waals surface area contributed by atoms with E-state index in [1.165, 1.54) is 18.1 Å². The monoisotopic (exact) mass is 371 g/mol. The first-order chi connectivity index (χ1) is 12.7. The Bertz CT molecular complexity index is 632. The first kappa shape index (κ1) is 24.5. The zero-order chi connectivity index (χ0) is 20.7. The van der Waals surface area contributed by atoms with Crippen molar-refractivity contribution in [2.75, 3.05) is 6.54 Å². The van der Waals surface area contributed by atoms with Crippen molar-refractivity contribution in [3.8, 4) is 0 Å². The summed E-state index contributed by atoms with van der Waals surface area (Å²) in [6.45, 7) is 9.01. The van der Waals surface area contributed by atoms with Crippen LogP contribution in [0.15, 0.2) is 60.7 Å². The maximum Gasteiger partial charge on any atom is 0.130 e. The van der Waals surface area contributed by atoms with Gasteiger partial charge in [0.2, 0.25) is 0 Å². The first-order valence-corrected chi connectivity index (χ1v) is 9.24. The summed E-state index contributed by atoms with van der Waals surface area (Å²) in [6, 6.07) is 21.0. The second-order valence-electron chi connectivity index (χ2n) is 7.28. The third kappa shape index (κ3) is 14.4. The molecule has 0 heterocycles. The molecule has 0 aliphatic rings. The summed E-state index contributed by atoms with van der Waals surface area (Å²) in [5, 5.41) is 9.64. The molecule has 0 aromatic heterocycles. The molecule has 0 saturated heterocycles. The van der Waals surface area contributed by atoms with E-state index in [1.54, 1.807) is 0 Å². The van der Waals surface area contributed by atoms with Crippen LogP contribution in [0.3, 0.4) is 0 Å². The van der Waals surface area contributed by atoms with Gasteiger partial charge < -0.3 is 20.4 Å². The van der Waals surface area contributed by atoms with Gasteiger partial charge in [-0.05, 0) is 29.9 Å². The lowest BCUT2D eigenvalue weighted by atomic mass is 9.87. The van der Waals surface area contributed by atoms with E-state index in [0.717, 1.165) is 13.0 Å².